The topological polar surface area (TPSA) is 58.2 Å². The number of rotatable bonds is 4. The van der Waals surface area contributed by atoms with Crippen LogP contribution < -0.4 is 10.6 Å². The maximum Gasteiger partial charge on any atom is 0.239 e. The molecule has 1 aromatic rings. The Morgan fingerprint density at radius 3 is 2.24 bits per heavy atom. The molecule has 1 aromatic carbocycles. The molecule has 0 heterocycles. The van der Waals surface area contributed by atoms with E-state index in [1.165, 1.54) is 0 Å². The average Bonchev–Trinajstić information content (AvgIpc) is 2.34. The van der Waals surface area contributed by atoms with Gasteiger partial charge in [0.05, 0.1) is 12.0 Å². The summed E-state index contributed by atoms with van der Waals surface area (Å²) in [6.07, 6.45) is 2.75. The van der Waals surface area contributed by atoms with Gasteiger partial charge in [0, 0.05) is 5.54 Å². The van der Waals surface area contributed by atoms with Crippen LogP contribution >= 0.6 is 0 Å². The summed E-state index contributed by atoms with van der Waals surface area (Å²) in [6.45, 7) is 5.79. The van der Waals surface area contributed by atoms with Gasteiger partial charge in [0.2, 0.25) is 11.8 Å². The predicted molar refractivity (Wildman–Crippen MR) is 82.9 cm³/mol. The molecule has 2 rings (SSSR count). The summed E-state index contributed by atoms with van der Waals surface area (Å²) in [5, 5.41) is 5.64. The van der Waals surface area contributed by atoms with E-state index >= 15 is 0 Å². The lowest BCUT2D eigenvalue weighted by atomic mass is 9.64. The molecule has 1 aliphatic rings. The highest BCUT2D eigenvalue weighted by Gasteiger charge is 2.45. The fraction of sp³-hybridized carbons (Fsp3) is 0.529. The van der Waals surface area contributed by atoms with E-state index in [2.05, 4.69) is 10.6 Å². The van der Waals surface area contributed by atoms with Crippen molar-refractivity contribution in [2.75, 3.05) is 6.54 Å². The second-order valence-electron chi connectivity index (χ2n) is 6.78. The molecule has 0 aliphatic heterocycles. The Morgan fingerprint density at radius 1 is 1.14 bits per heavy atom. The molecular weight excluding hydrogens is 264 g/mol. The maximum atomic E-state index is 12.5. The van der Waals surface area contributed by atoms with Gasteiger partial charge in [-0.2, -0.15) is 0 Å². The molecular formula is C17H24N2O2. The van der Waals surface area contributed by atoms with E-state index < -0.39 is 5.41 Å². The number of hydrogen-bond donors (Lipinski definition) is 2. The van der Waals surface area contributed by atoms with Crippen LogP contribution in [-0.2, 0) is 15.0 Å². The van der Waals surface area contributed by atoms with Crippen molar-refractivity contribution in [3.8, 4) is 0 Å². The number of hydrogen-bond acceptors (Lipinski definition) is 2. The van der Waals surface area contributed by atoms with Crippen molar-refractivity contribution in [3.63, 3.8) is 0 Å². The van der Waals surface area contributed by atoms with Gasteiger partial charge in [-0.15, -0.1) is 0 Å². The third kappa shape index (κ3) is 3.63. The summed E-state index contributed by atoms with van der Waals surface area (Å²) in [5.41, 5.74) is 0.323. The van der Waals surface area contributed by atoms with Crippen LogP contribution in [0.4, 0.5) is 0 Å². The highest BCUT2D eigenvalue weighted by molar-refractivity contribution is 5.92. The molecule has 4 heteroatoms. The zero-order chi connectivity index (χ0) is 15.5. The molecule has 1 fully saturated rings. The molecule has 2 N–H and O–H groups in total. The molecule has 0 unspecified atom stereocenters. The van der Waals surface area contributed by atoms with Crippen molar-refractivity contribution in [1.82, 2.24) is 10.6 Å². The Bertz CT molecular complexity index is 513. The van der Waals surface area contributed by atoms with Gasteiger partial charge >= 0.3 is 0 Å². The molecule has 0 saturated heterocycles. The van der Waals surface area contributed by atoms with Crippen LogP contribution in [0.1, 0.15) is 45.6 Å². The van der Waals surface area contributed by atoms with Crippen molar-refractivity contribution in [1.29, 1.82) is 0 Å². The number of amides is 2. The van der Waals surface area contributed by atoms with Crippen LogP contribution in [0, 0.1) is 0 Å². The van der Waals surface area contributed by atoms with E-state index in [1.54, 1.807) is 0 Å². The molecule has 114 valence electrons. The monoisotopic (exact) mass is 288 g/mol. The van der Waals surface area contributed by atoms with Crippen molar-refractivity contribution in [3.05, 3.63) is 35.9 Å². The minimum atomic E-state index is -0.441. The zero-order valence-electron chi connectivity index (χ0n) is 13.0. The lowest BCUT2D eigenvalue weighted by Gasteiger charge is -2.40. The Morgan fingerprint density at radius 2 is 1.76 bits per heavy atom. The van der Waals surface area contributed by atoms with E-state index in [9.17, 15) is 9.59 Å². The molecule has 1 aliphatic carbocycles. The molecule has 0 atom stereocenters. The molecule has 21 heavy (non-hydrogen) atoms. The van der Waals surface area contributed by atoms with Crippen molar-refractivity contribution < 1.29 is 9.59 Å². The number of carbonyl (C=O) groups excluding carboxylic acids is 2. The van der Waals surface area contributed by atoms with Gasteiger partial charge < -0.3 is 10.6 Å². The Labute approximate surface area is 126 Å². The fourth-order valence-electron chi connectivity index (χ4n) is 2.73. The minimum absolute atomic E-state index is 0.0324. The largest absolute Gasteiger partial charge is 0.350 e. The Hall–Kier alpha value is -1.84. The van der Waals surface area contributed by atoms with Crippen molar-refractivity contribution in [2.45, 2.75) is 51.0 Å². The number of benzene rings is 1. The van der Waals surface area contributed by atoms with Crippen LogP contribution in [0.5, 0.6) is 0 Å². The number of carbonyl (C=O) groups is 2. The first-order valence-electron chi connectivity index (χ1n) is 7.48. The van der Waals surface area contributed by atoms with Crippen molar-refractivity contribution >= 4 is 11.8 Å². The highest BCUT2D eigenvalue weighted by Crippen LogP contribution is 2.43. The third-order valence-electron chi connectivity index (χ3n) is 3.89. The zero-order valence-corrected chi connectivity index (χ0v) is 13.0. The van der Waals surface area contributed by atoms with Crippen molar-refractivity contribution in [2.24, 2.45) is 0 Å². The first kappa shape index (κ1) is 15.5. The summed E-state index contributed by atoms with van der Waals surface area (Å²) in [6, 6.07) is 9.84. The molecule has 0 bridgehead atoms. The van der Waals surface area contributed by atoms with E-state index in [4.69, 9.17) is 0 Å². The van der Waals surface area contributed by atoms with Crippen LogP contribution in [0.15, 0.2) is 30.3 Å². The van der Waals surface area contributed by atoms with Crippen LogP contribution in [-0.4, -0.2) is 23.9 Å². The van der Waals surface area contributed by atoms with Gasteiger partial charge in [-0.1, -0.05) is 36.8 Å². The molecule has 0 radical (unpaired) electrons. The lowest BCUT2D eigenvalue weighted by Crippen LogP contribution is -2.52. The van der Waals surface area contributed by atoms with Gasteiger partial charge in [0.15, 0.2) is 0 Å². The molecule has 1 saturated carbocycles. The summed E-state index contributed by atoms with van der Waals surface area (Å²) >= 11 is 0. The first-order chi connectivity index (χ1) is 9.83. The molecule has 4 nitrogen and oxygen atoms in total. The van der Waals surface area contributed by atoms with E-state index in [0.717, 1.165) is 24.8 Å². The van der Waals surface area contributed by atoms with E-state index in [0.29, 0.717) is 0 Å². The van der Waals surface area contributed by atoms with Gasteiger partial charge in [-0.25, -0.2) is 0 Å². The standard InChI is InChI=1S/C17H24N2O2/c1-16(2,3)19-14(20)12-18-15(21)17(10-7-11-17)13-8-5-4-6-9-13/h4-6,8-9H,7,10-12H2,1-3H3,(H,18,21)(H,19,20). The van der Waals surface area contributed by atoms with Gasteiger partial charge in [-0.3, -0.25) is 9.59 Å². The highest BCUT2D eigenvalue weighted by atomic mass is 16.2. The SMILES string of the molecule is CC(C)(C)NC(=O)CNC(=O)C1(c2ccccc2)CCC1. The van der Waals surface area contributed by atoms with E-state index in [-0.39, 0.29) is 23.9 Å². The molecule has 0 spiro atoms. The fourth-order valence-corrected chi connectivity index (χ4v) is 2.73. The smallest absolute Gasteiger partial charge is 0.239 e. The van der Waals surface area contributed by atoms with Crippen LogP contribution in [0.2, 0.25) is 0 Å². The summed E-state index contributed by atoms with van der Waals surface area (Å²) < 4.78 is 0. The molecule has 2 amide bonds. The second-order valence-corrected chi connectivity index (χ2v) is 6.78. The van der Waals surface area contributed by atoms with Crippen LogP contribution in [0.3, 0.4) is 0 Å². The minimum Gasteiger partial charge on any atom is -0.350 e. The summed E-state index contributed by atoms with van der Waals surface area (Å²) in [5.74, 6) is -0.192. The third-order valence-corrected chi connectivity index (χ3v) is 3.89. The van der Waals surface area contributed by atoms with Crippen LogP contribution in [0.25, 0.3) is 0 Å². The second kappa shape index (κ2) is 5.88. The lowest BCUT2D eigenvalue weighted by molar-refractivity contribution is -0.132. The summed E-state index contributed by atoms with van der Waals surface area (Å²) in [7, 11) is 0. The molecule has 0 aromatic heterocycles. The predicted octanol–water partition coefficient (Wildman–Crippen LogP) is 2.14. The average molecular weight is 288 g/mol. The number of nitrogens with one attached hydrogen (secondary N) is 2. The van der Waals surface area contributed by atoms with E-state index in [1.807, 2.05) is 51.1 Å². The summed E-state index contributed by atoms with van der Waals surface area (Å²) in [4.78, 5) is 24.3. The van der Waals surface area contributed by atoms with Gasteiger partial charge in [-0.05, 0) is 39.2 Å². The quantitative estimate of drug-likeness (QED) is 0.892. The Balaban J connectivity index is 1.98. The van der Waals surface area contributed by atoms with Gasteiger partial charge in [0.25, 0.3) is 0 Å². The maximum absolute atomic E-state index is 12.5. The Kier molecular flexibility index (Phi) is 4.35. The normalized spacial score (nSPS) is 16.7. The first-order valence-corrected chi connectivity index (χ1v) is 7.48. The van der Waals surface area contributed by atoms with Gasteiger partial charge in [0.1, 0.15) is 0 Å².